The van der Waals surface area contributed by atoms with Gasteiger partial charge < -0.3 is 10.1 Å². The summed E-state index contributed by atoms with van der Waals surface area (Å²) >= 11 is 0. The predicted octanol–water partition coefficient (Wildman–Crippen LogP) is 3.28. The molecular weight excluding hydrogens is 370 g/mol. The van der Waals surface area contributed by atoms with Gasteiger partial charge in [-0.3, -0.25) is 19.6 Å². The molecule has 0 atom stereocenters. The van der Waals surface area contributed by atoms with E-state index < -0.39 is 11.4 Å². The molecule has 6 rings (SSSR count). The lowest BCUT2D eigenvalue weighted by atomic mass is 9.53. The molecule has 0 unspecified atom stereocenters. The molecule has 3 saturated carbocycles. The number of H-pyrrole nitrogens is 1. The van der Waals surface area contributed by atoms with Crippen LogP contribution in [0.3, 0.4) is 0 Å². The quantitative estimate of drug-likeness (QED) is 0.811. The molecule has 5 aliphatic rings. The van der Waals surface area contributed by atoms with E-state index in [2.05, 4.69) is 11.9 Å². The molecule has 3 aliphatic carbocycles. The number of nitrogens with zero attached hydrogens (tertiary/aromatic N) is 4. The molecule has 2 N–H and O–H groups in total. The van der Waals surface area contributed by atoms with E-state index in [0.29, 0.717) is 38.2 Å². The van der Waals surface area contributed by atoms with Gasteiger partial charge in [-0.2, -0.15) is 0 Å². The molecule has 3 fully saturated rings. The van der Waals surface area contributed by atoms with Crippen molar-refractivity contribution in [2.24, 2.45) is 10.4 Å². The molecule has 0 radical (unpaired) electrons. The number of urea groups is 1. The summed E-state index contributed by atoms with van der Waals surface area (Å²) in [6, 6.07) is -0.0206. The number of carbonyl (C=O) groups excluding carboxylic acids is 1. The standard InChI is InChI=1S/C21H29N5O3/c1-2-12-25-16-14(15-22-11-3-4-13-26(15)19(25)29)23-17(24-16)20-5-8-21(9-6-20,10-7-20)18(27)28/h2-13H2,1H3,(H,23,24)(H,27,28). The molecule has 8 heteroatoms. The number of carbonyl (C=O) groups is 2. The topological polar surface area (TPSA) is 102 Å². The second-order valence-electron chi connectivity index (χ2n) is 9.15. The van der Waals surface area contributed by atoms with Crippen molar-refractivity contribution in [2.75, 3.05) is 24.5 Å². The number of aliphatic carboxylic acids is 1. The molecule has 29 heavy (non-hydrogen) atoms. The average molecular weight is 399 g/mol. The summed E-state index contributed by atoms with van der Waals surface area (Å²) in [5.41, 5.74) is 0.219. The van der Waals surface area contributed by atoms with Crippen LogP contribution in [-0.2, 0) is 10.2 Å². The Bertz CT molecular complexity index is 864. The summed E-state index contributed by atoms with van der Waals surface area (Å²) in [5, 5.41) is 9.69. The molecule has 2 aliphatic heterocycles. The van der Waals surface area contributed by atoms with Crippen LogP contribution in [-0.4, -0.2) is 57.4 Å². The maximum absolute atomic E-state index is 13.2. The monoisotopic (exact) mass is 399 g/mol. The highest BCUT2D eigenvalue weighted by Crippen LogP contribution is 2.57. The summed E-state index contributed by atoms with van der Waals surface area (Å²) < 4.78 is 0. The van der Waals surface area contributed by atoms with Gasteiger partial charge >= 0.3 is 12.0 Å². The van der Waals surface area contributed by atoms with Crippen LogP contribution in [0.2, 0.25) is 0 Å². The molecule has 156 valence electrons. The van der Waals surface area contributed by atoms with Gasteiger partial charge in [-0.1, -0.05) is 6.92 Å². The number of carboxylic acid groups (broad SMARTS) is 1. The lowest BCUT2D eigenvalue weighted by Crippen LogP contribution is -2.51. The van der Waals surface area contributed by atoms with Crippen LogP contribution in [0, 0.1) is 5.41 Å². The first-order valence-electron chi connectivity index (χ1n) is 11.0. The minimum Gasteiger partial charge on any atom is -0.481 e. The van der Waals surface area contributed by atoms with Crippen molar-refractivity contribution in [3.8, 4) is 0 Å². The van der Waals surface area contributed by atoms with Gasteiger partial charge in [-0.25, -0.2) is 9.78 Å². The fourth-order valence-corrected chi connectivity index (χ4v) is 5.65. The van der Waals surface area contributed by atoms with E-state index >= 15 is 0 Å². The molecule has 0 spiro atoms. The Hall–Kier alpha value is -2.38. The number of anilines is 1. The van der Waals surface area contributed by atoms with Gasteiger partial charge in [0.2, 0.25) is 0 Å². The number of aliphatic imine (C=N–C) groups is 1. The van der Waals surface area contributed by atoms with E-state index in [-0.39, 0.29) is 11.4 Å². The normalized spacial score (nSPS) is 31.2. The number of amides is 2. The first-order chi connectivity index (χ1) is 14.0. The van der Waals surface area contributed by atoms with E-state index in [4.69, 9.17) is 9.98 Å². The number of carboxylic acids is 1. The summed E-state index contributed by atoms with van der Waals surface area (Å²) in [4.78, 5) is 41.8. The molecule has 0 saturated heterocycles. The molecular formula is C21H29N5O3. The first kappa shape index (κ1) is 18.6. The summed E-state index contributed by atoms with van der Waals surface area (Å²) in [7, 11) is 0. The van der Waals surface area contributed by atoms with Crippen molar-refractivity contribution in [1.29, 1.82) is 0 Å². The number of aromatic nitrogens is 2. The van der Waals surface area contributed by atoms with Crippen molar-refractivity contribution in [3.05, 3.63) is 11.5 Å². The lowest BCUT2D eigenvalue weighted by molar-refractivity contribution is -0.156. The molecule has 2 bridgehead atoms. The minimum absolute atomic E-state index is 0.0206. The number of nitrogens with one attached hydrogen (secondary N) is 1. The fourth-order valence-electron chi connectivity index (χ4n) is 5.65. The van der Waals surface area contributed by atoms with Crippen molar-refractivity contribution >= 4 is 23.7 Å². The highest BCUT2D eigenvalue weighted by Gasteiger charge is 2.55. The van der Waals surface area contributed by atoms with E-state index in [9.17, 15) is 14.7 Å². The highest BCUT2D eigenvalue weighted by molar-refractivity contribution is 6.17. The second kappa shape index (κ2) is 6.57. The van der Waals surface area contributed by atoms with Crippen LogP contribution in [0.1, 0.15) is 76.2 Å². The van der Waals surface area contributed by atoms with E-state index in [1.165, 1.54) is 0 Å². The number of fused-ring (bicyclic) bond motifs is 6. The molecule has 2 amide bonds. The number of hydrogen-bond donors (Lipinski definition) is 2. The molecule has 0 aromatic carbocycles. The van der Waals surface area contributed by atoms with Crippen LogP contribution < -0.4 is 4.90 Å². The Morgan fingerprint density at radius 2 is 1.90 bits per heavy atom. The number of amidine groups is 1. The van der Waals surface area contributed by atoms with Crippen LogP contribution in [0.4, 0.5) is 10.6 Å². The molecule has 1 aromatic heterocycles. The van der Waals surface area contributed by atoms with Gasteiger partial charge in [-0.15, -0.1) is 0 Å². The van der Waals surface area contributed by atoms with Gasteiger partial charge in [0.15, 0.2) is 11.7 Å². The minimum atomic E-state index is -0.646. The van der Waals surface area contributed by atoms with Crippen molar-refractivity contribution in [2.45, 2.75) is 70.1 Å². The summed E-state index contributed by atoms with van der Waals surface area (Å²) in [6.07, 6.45) is 7.43. The Labute approximate surface area is 170 Å². The second-order valence-corrected chi connectivity index (χ2v) is 9.15. The van der Waals surface area contributed by atoms with Gasteiger partial charge in [0.25, 0.3) is 0 Å². The average Bonchev–Trinajstić information content (AvgIpc) is 3.04. The van der Waals surface area contributed by atoms with Crippen molar-refractivity contribution in [1.82, 2.24) is 14.9 Å². The fraction of sp³-hybridized carbons (Fsp3) is 0.714. The molecule has 3 heterocycles. The number of aromatic amines is 1. The van der Waals surface area contributed by atoms with Crippen LogP contribution in [0.15, 0.2) is 4.99 Å². The molecule has 8 nitrogen and oxygen atoms in total. The predicted molar refractivity (Wildman–Crippen MR) is 108 cm³/mol. The maximum Gasteiger partial charge on any atom is 0.331 e. The molecule has 1 aromatic rings. The third-order valence-corrected chi connectivity index (χ3v) is 7.58. The Morgan fingerprint density at radius 1 is 1.17 bits per heavy atom. The van der Waals surface area contributed by atoms with E-state index in [1.807, 2.05) is 4.90 Å². The van der Waals surface area contributed by atoms with Crippen molar-refractivity contribution < 1.29 is 14.7 Å². The van der Waals surface area contributed by atoms with Crippen LogP contribution in [0.25, 0.3) is 0 Å². The Kier molecular flexibility index (Phi) is 4.22. The summed E-state index contributed by atoms with van der Waals surface area (Å²) in [5.74, 6) is 1.71. The van der Waals surface area contributed by atoms with E-state index in [1.54, 1.807) is 4.90 Å². The third-order valence-electron chi connectivity index (χ3n) is 7.58. The van der Waals surface area contributed by atoms with Crippen LogP contribution in [0.5, 0.6) is 0 Å². The lowest BCUT2D eigenvalue weighted by Gasteiger charge is -2.50. The van der Waals surface area contributed by atoms with Gasteiger partial charge in [0.1, 0.15) is 11.5 Å². The zero-order valence-corrected chi connectivity index (χ0v) is 17.0. The van der Waals surface area contributed by atoms with Gasteiger partial charge in [0.05, 0.1) is 5.41 Å². The maximum atomic E-state index is 13.2. The third kappa shape index (κ3) is 2.64. The zero-order valence-electron chi connectivity index (χ0n) is 17.0. The SMILES string of the molecule is CCCN1C(=O)N2CCCCN=C2c2[nH]c(C34CCC(C(=O)O)(CC3)CC4)nc21. The largest absolute Gasteiger partial charge is 0.481 e. The van der Waals surface area contributed by atoms with Crippen molar-refractivity contribution in [3.63, 3.8) is 0 Å². The highest BCUT2D eigenvalue weighted by atomic mass is 16.4. The van der Waals surface area contributed by atoms with Gasteiger partial charge in [0, 0.05) is 25.0 Å². The van der Waals surface area contributed by atoms with Crippen LogP contribution >= 0.6 is 0 Å². The Balaban J connectivity index is 1.55. The number of hydrogen-bond acceptors (Lipinski definition) is 4. The van der Waals surface area contributed by atoms with E-state index in [0.717, 1.165) is 62.4 Å². The summed E-state index contributed by atoms with van der Waals surface area (Å²) in [6.45, 7) is 4.12. The first-order valence-corrected chi connectivity index (χ1v) is 11.0. The Morgan fingerprint density at radius 3 is 2.55 bits per heavy atom. The smallest absolute Gasteiger partial charge is 0.331 e. The zero-order chi connectivity index (χ0) is 20.2. The van der Waals surface area contributed by atoms with Gasteiger partial charge in [-0.05, 0) is 57.8 Å². The number of imidazole rings is 1. The number of rotatable bonds is 4.